The summed E-state index contributed by atoms with van der Waals surface area (Å²) >= 11 is 0. The molecule has 0 bridgehead atoms. The Bertz CT molecular complexity index is 193. The number of nitrogens with zero attached hydrogens (tertiary/aromatic N) is 1. The van der Waals surface area contributed by atoms with Gasteiger partial charge < -0.3 is 0 Å². The van der Waals surface area contributed by atoms with Gasteiger partial charge in [-0.25, -0.2) is 0 Å². The van der Waals surface area contributed by atoms with E-state index in [0.29, 0.717) is 0 Å². The molecule has 68 valence electrons. The minimum atomic E-state index is 1.11. The second-order valence-electron chi connectivity index (χ2n) is 3.16. The molecule has 0 aliphatic heterocycles. The number of hydrogen-bond donors (Lipinski definition) is 0. The fourth-order valence-corrected chi connectivity index (χ4v) is 0.710. The first-order chi connectivity index (χ1) is 5.66. The van der Waals surface area contributed by atoms with Gasteiger partial charge in [-0.2, -0.15) is 0 Å². The Balaban J connectivity index is 3.90. The van der Waals surface area contributed by atoms with Crippen LogP contribution in [-0.2, 0) is 0 Å². The lowest BCUT2D eigenvalue weighted by molar-refractivity contribution is 0.946. The van der Waals surface area contributed by atoms with Gasteiger partial charge in [-0.15, -0.1) is 0 Å². The van der Waals surface area contributed by atoms with Gasteiger partial charge in [0, 0.05) is 11.9 Å². The maximum atomic E-state index is 4.26. The molecular formula is C11H19N. The highest BCUT2D eigenvalue weighted by Gasteiger charge is 1.80. The van der Waals surface area contributed by atoms with Crippen LogP contribution in [0.15, 0.2) is 28.4 Å². The van der Waals surface area contributed by atoms with E-state index in [9.17, 15) is 0 Å². The fraction of sp³-hybridized carbons (Fsp3) is 0.545. The molecule has 0 amide bonds. The van der Waals surface area contributed by atoms with Crippen LogP contribution in [0.2, 0.25) is 0 Å². The quantitative estimate of drug-likeness (QED) is 0.563. The van der Waals surface area contributed by atoms with Crippen molar-refractivity contribution in [3.8, 4) is 0 Å². The lowest BCUT2D eigenvalue weighted by Crippen LogP contribution is -1.73. The molecule has 0 unspecified atom stereocenters. The van der Waals surface area contributed by atoms with E-state index in [2.05, 4.69) is 31.8 Å². The van der Waals surface area contributed by atoms with Gasteiger partial charge in [0.1, 0.15) is 0 Å². The molecule has 0 heterocycles. The number of allylic oxidation sites excluding steroid dienone is 4. The van der Waals surface area contributed by atoms with Crippen LogP contribution in [0, 0.1) is 0 Å². The zero-order chi connectivity index (χ0) is 9.40. The molecule has 0 fully saturated rings. The fourth-order valence-electron chi connectivity index (χ4n) is 0.710. The van der Waals surface area contributed by atoms with Gasteiger partial charge >= 0.3 is 0 Å². The smallest absolute Gasteiger partial charge is 0.0332 e. The van der Waals surface area contributed by atoms with E-state index >= 15 is 0 Å². The molecule has 0 spiro atoms. The first kappa shape index (κ1) is 11.2. The summed E-state index contributed by atoms with van der Waals surface area (Å²) < 4.78 is 0. The molecule has 0 rings (SSSR count). The van der Waals surface area contributed by atoms with Crippen molar-refractivity contribution in [1.29, 1.82) is 0 Å². The van der Waals surface area contributed by atoms with E-state index in [0.717, 1.165) is 12.1 Å². The molecular weight excluding hydrogens is 146 g/mol. The van der Waals surface area contributed by atoms with E-state index in [1.165, 1.54) is 12.0 Å². The minimum Gasteiger partial charge on any atom is -0.262 e. The summed E-state index contributed by atoms with van der Waals surface area (Å²) in [7, 11) is 0. The van der Waals surface area contributed by atoms with E-state index in [1.54, 1.807) is 0 Å². The second-order valence-corrected chi connectivity index (χ2v) is 3.16. The van der Waals surface area contributed by atoms with Crippen molar-refractivity contribution < 1.29 is 0 Å². The van der Waals surface area contributed by atoms with Gasteiger partial charge in [-0.1, -0.05) is 25.0 Å². The van der Waals surface area contributed by atoms with Crippen molar-refractivity contribution >= 4 is 6.21 Å². The highest BCUT2D eigenvalue weighted by Crippen LogP contribution is 1.98. The monoisotopic (exact) mass is 165 g/mol. The predicted octanol–water partition coefficient (Wildman–Crippen LogP) is 3.73. The van der Waals surface area contributed by atoms with Gasteiger partial charge in [-0.3, -0.25) is 4.99 Å². The summed E-state index contributed by atoms with van der Waals surface area (Å²) in [5, 5.41) is 0. The lowest BCUT2D eigenvalue weighted by Gasteiger charge is -1.90. The Kier molecular flexibility index (Phi) is 6.35. The van der Waals surface area contributed by atoms with Crippen molar-refractivity contribution in [2.45, 2.75) is 40.5 Å². The summed E-state index contributed by atoms with van der Waals surface area (Å²) in [5.74, 6) is 0. The third kappa shape index (κ3) is 7.26. The Labute approximate surface area is 75.9 Å². The van der Waals surface area contributed by atoms with Gasteiger partial charge in [0.2, 0.25) is 0 Å². The molecule has 1 nitrogen and oxygen atoms in total. The Hall–Kier alpha value is -0.850. The predicted molar refractivity (Wildman–Crippen MR) is 56.6 cm³/mol. The zero-order valence-electron chi connectivity index (χ0n) is 8.59. The van der Waals surface area contributed by atoms with Crippen LogP contribution in [0.5, 0.6) is 0 Å². The molecule has 0 radical (unpaired) electrons. The molecule has 1 heteroatoms. The molecule has 0 saturated heterocycles. The summed E-state index contributed by atoms with van der Waals surface area (Å²) in [6.07, 6.45) is 8.35. The number of hydrogen-bond acceptors (Lipinski definition) is 1. The van der Waals surface area contributed by atoms with Crippen LogP contribution in [-0.4, -0.2) is 6.21 Å². The molecule has 12 heavy (non-hydrogen) atoms. The number of aliphatic imine (C=N–C) groups is 1. The maximum absolute atomic E-state index is 4.26. The van der Waals surface area contributed by atoms with Gasteiger partial charge in [0.15, 0.2) is 0 Å². The van der Waals surface area contributed by atoms with Crippen molar-refractivity contribution in [3.63, 3.8) is 0 Å². The molecule has 0 saturated carbocycles. The van der Waals surface area contributed by atoms with E-state index in [1.807, 2.05) is 19.2 Å². The average Bonchev–Trinajstić information content (AvgIpc) is 2.00. The van der Waals surface area contributed by atoms with Crippen LogP contribution in [0.4, 0.5) is 0 Å². The summed E-state index contributed by atoms with van der Waals surface area (Å²) in [6.45, 7) is 8.34. The zero-order valence-corrected chi connectivity index (χ0v) is 8.59. The van der Waals surface area contributed by atoms with Gasteiger partial charge in [0.05, 0.1) is 0 Å². The Morgan fingerprint density at radius 2 is 1.92 bits per heavy atom. The van der Waals surface area contributed by atoms with Gasteiger partial charge in [-0.05, 0) is 33.3 Å². The van der Waals surface area contributed by atoms with Crippen molar-refractivity contribution in [2.24, 2.45) is 4.99 Å². The molecule has 0 aromatic rings. The lowest BCUT2D eigenvalue weighted by atomic mass is 10.3. The van der Waals surface area contributed by atoms with E-state index < -0.39 is 0 Å². The van der Waals surface area contributed by atoms with Crippen molar-refractivity contribution in [3.05, 3.63) is 23.4 Å². The Morgan fingerprint density at radius 1 is 1.25 bits per heavy atom. The van der Waals surface area contributed by atoms with Crippen LogP contribution in [0.1, 0.15) is 40.5 Å². The van der Waals surface area contributed by atoms with Crippen LogP contribution in [0.25, 0.3) is 0 Å². The third-order valence-electron chi connectivity index (χ3n) is 1.41. The maximum Gasteiger partial charge on any atom is 0.0332 e. The summed E-state index contributed by atoms with van der Waals surface area (Å²) in [6, 6.07) is 0. The molecule has 0 aromatic heterocycles. The van der Waals surface area contributed by atoms with Crippen LogP contribution in [0.3, 0.4) is 0 Å². The SMILES string of the molecule is CCC/C=C(/C)N=CC=C(C)C. The third-order valence-corrected chi connectivity index (χ3v) is 1.41. The molecule has 0 aliphatic rings. The van der Waals surface area contributed by atoms with E-state index in [4.69, 9.17) is 0 Å². The van der Waals surface area contributed by atoms with Crippen LogP contribution >= 0.6 is 0 Å². The summed E-state index contributed by atoms with van der Waals surface area (Å²) in [4.78, 5) is 4.26. The molecule has 0 aliphatic carbocycles. The topological polar surface area (TPSA) is 12.4 Å². The minimum absolute atomic E-state index is 1.11. The highest BCUT2D eigenvalue weighted by molar-refractivity contribution is 5.72. The van der Waals surface area contributed by atoms with Gasteiger partial charge in [0.25, 0.3) is 0 Å². The van der Waals surface area contributed by atoms with Crippen molar-refractivity contribution in [1.82, 2.24) is 0 Å². The van der Waals surface area contributed by atoms with Crippen molar-refractivity contribution in [2.75, 3.05) is 0 Å². The normalized spacial score (nSPS) is 12.2. The molecule has 0 aromatic carbocycles. The van der Waals surface area contributed by atoms with Crippen LogP contribution < -0.4 is 0 Å². The standard InChI is InChI=1S/C11H19N/c1-5-6-7-11(4)12-9-8-10(2)3/h7-9H,5-6H2,1-4H3/b11-7-,12-9?. The average molecular weight is 165 g/mol. The summed E-state index contributed by atoms with van der Waals surface area (Å²) in [5.41, 5.74) is 2.39. The Morgan fingerprint density at radius 3 is 2.42 bits per heavy atom. The number of unbranched alkanes of at least 4 members (excludes halogenated alkanes) is 1. The first-order valence-corrected chi connectivity index (χ1v) is 4.51. The van der Waals surface area contributed by atoms with E-state index in [-0.39, 0.29) is 0 Å². The largest absolute Gasteiger partial charge is 0.262 e. The highest BCUT2D eigenvalue weighted by atomic mass is 14.7. The first-order valence-electron chi connectivity index (χ1n) is 4.51. The molecule has 0 atom stereocenters. The second kappa shape index (κ2) is 6.84. The number of rotatable bonds is 4. The molecule has 0 N–H and O–H groups in total.